The Morgan fingerprint density at radius 3 is 2.71 bits per heavy atom. The maximum atomic E-state index is 12.5. The number of rotatable bonds is 3. The van der Waals surface area contributed by atoms with E-state index in [1.165, 1.54) is 0 Å². The first kappa shape index (κ1) is 14.6. The van der Waals surface area contributed by atoms with E-state index >= 15 is 0 Å². The van der Waals surface area contributed by atoms with Crippen molar-refractivity contribution < 1.29 is 14.1 Å². The Labute approximate surface area is 125 Å². The lowest BCUT2D eigenvalue weighted by Crippen LogP contribution is -2.31. The van der Waals surface area contributed by atoms with Crippen molar-refractivity contribution in [2.45, 2.75) is 39.0 Å². The summed E-state index contributed by atoms with van der Waals surface area (Å²) >= 11 is 0. The fourth-order valence-electron chi connectivity index (χ4n) is 3.37. The minimum atomic E-state index is 0.0141. The van der Waals surface area contributed by atoms with Crippen molar-refractivity contribution in [3.05, 3.63) is 17.5 Å². The summed E-state index contributed by atoms with van der Waals surface area (Å²) in [5.74, 6) is 2.38. The second-order valence-corrected chi connectivity index (χ2v) is 6.52. The first-order valence-electron chi connectivity index (χ1n) is 7.98. The standard InChI is InChI=1S/C16H24N2O3/c1-11(2)15-9-14(17-21-15)16(19)18-6-3-13(10-18)12-4-7-20-8-5-12/h9,11-13H,3-8,10H2,1-2H3/t13-/m1/s1. The van der Waals surface area contributed by atoms with E-state index in [1.807, 2.05) is 18.7 Å². The zero-order valence-corrected chi connectivity index (χ0v) is 12.9. The molecule has 1 atom stereocenters. The third-order valence-corrected chi connectivity index (χ3v) is 4.76. The van der Waals surface area contributed by atoms with Crippen LogP contribution in [0.25, 0.3) is 0 Å². The maximum absolute atomic E-state index is 12.5. The van der Waals surface area contributed by atoms with Gasteiger partial charge in [-0.25, -0.2) is 0 Å². The van der Waals surface area contributed by atoms with Crippen LogP contribution < -0.4 is 0 Å². The van der Waals surface area contributed by atoms with Gasteiger partial charge < -0.3 is 14.2 Å². The fraction of sp³-hybridized carbons (Fsp3) is 0.750. The van der Waals surface area contributed by atoms with Crippen LogP contribution in [0.1, 0.15) is 55.3 Å². The number of nitrogens with zero attached hydrogens (tertiary/aromatic N) is 2. The van der Waals surface area contributed by atoms with Crippen LogP contribution in [-0.2, 0) is 4.74 Å². The van der Waals surface area contributed by atoms with E-state index in [1.54, 1.807) is 6.07 Å². The molecule has 2 fully saturated rings. The highest BCUT2D eigenvalue weighted by Gasteiger charge is 2.33. The molecule has 0 unspecified atom stereocenters. The molecule has 0 spiro atoms. The number of carbonyl (C=O) groups is 1. The van der Waals surface area contributed by atoms with Crippen molar-refractivity contribution in [2.75, 3.05) is 26.3 Å². The third-order valence-electron chi connectivity index (χ3n) is 4.76. The van der Waals surface area contributed by atoms with Crippen LogP contribution >= 0.6 is 0 Å². The molecular weight excluding hydrogens is 268 g/mol. The largest absolute Gasteiger partial charge is 0.381 e. The second kappa shape index (κ2) is 6.18. The minimum Gasteiger partial charge on any atom is -0.381 e. The van der Waals surface area contributed by atoms with Crippen molar-refractivity contribution in [3.63, 3.8) is 0 Å². The summed E-state index contributed by atoms with van der Waals surface area (Å²) in [6, 6.07) is 1.79. The van der Waals surface area contributed by atoms with E-state index < -0.39 is 0 Å². The number of amides is 1. The number of ether oxygens (including phenoxy) is 1. The Bertz CT molecular complexity index is 491. The van der Waals surface area contributed by atoms with Crippen LogP contribution in [0.5, 0.6) is 0 Å². The SMILES string of the molecule is CC(C)c1cc(C(=O)N2CC[C@@H](C3CCOCC3)C2)no1. The molecule has 1 aromatic rings. The highest BCUT2D eigenvalue weighted by atomic mass is 16.5. The lowest BCUT2D eigenvalue weighted by molar-refractivity contribution is 0.0471. The Hall–Kier alpha value is -1.36. The molecule has 1 aromatic heterocycles. The molecule has 0 radical (unpaired) electrons. The van der Waals surface area contributed by atoms with Crippen LogP contribution in [0, 0.1) is 11.8 Å². The summed E-state index contributed by atoms with van der Waals surface area (Å²) in [4.78, 5) is 14.4. The van der Waals surface area contributed by atoms with Gasteiger partial charge in [0.2, 0.25) is 0 Å². The summed E-state index contributed by atoms with van der Waals surface area (Å²) in [5.41, 5.74) is 0.450. The van der Waals surface area contributed by atoms with Crippen molar-refractivity contribution in [3.8, 4) is 0 Å². The monoisotopic (exact) mass is 292 g/mol. The smallest absolute Gasteiger partial charge is 0.276 e. The van der Waals surface area contributed by atoms with Crippen molar-refractivity contribution in [1.82, 2.24) is 10.1 Å². The average Bonchev–Trinajstić information content (AvgIpc) is 3.17. The second-order valence-electron chi connectivity index (χ2n) is 6.52. The van der Waals surface area contributed by atoms with Crippen LogP contribution in [0.3, 0.4) is 0 Å². The summed E-state index contributed by atoms with van der Waals surface area (Å²) in [5, 5.41) is 3.93. The van der Waals surface area contributed by atoms with Gasteiger partial charge in [-0.2, -0.15) is 0 Å². The molecule has 5 heteroatoms. The molecule has 0 N–H and O–H groups in total. The predicted molar refractivity (Wildman–Crippen MR) is 78.1 cm³/mol. The predicted octanol–water partition coefficient (Wildman–Crippen LogP) is 2.69. The molecule has 3 heterocycles. The van der Waals surface area contributed by atoms with Gasteiger partial charge in [-0.05, 0) is 31.1 Å². The van der Waals surface area contributed by atoms with Crippen LogP contribution in [0.15, 0.2) is 10.6 Å². The molecule has 0 saturated carbocycles. The molecule has 0 bridgehead atoms. The van der Waals surface area contributed by atoms with Gasteiger partial charge in [0, 0.05) is 38.3 Å². The lowest BCUT2D eigenvalue weighted by Gasteiger charge is -2.27. The number of likely N-dealkylation sites (tertiary alicyclic amines) is 1. The highest BCUT2D eigenvalue weighted by molar-refractivity contribution is 5.92. The van der Waals surface area contributed by atoms with Gasteiger partial charge in [0.25, 0.3) is 5.91 Å². The van der Waals surface area contributed by atoms with Crippen LogP contribution in [0.2, 0.25) is 0 Å². The molecule has 0 aromatic carbocycles. The van der Waals surface area contributed by atoms with Crippen molar-refractivity contribution in [1.29, 1.82) is 0 Å². The van der Waals surface area contributed by atoms with Crippen LogP contribution in [-0.4, -0.2) is 42.3 Å². The topological polar surface area (TPSA) is 55.6 Å². The summed E-state index contributed by atoms with van der Waals surface area (Å²) in [6.07, 6.45) is 3.37. The Morgan fingerprint density at radius 1 is 1.29 bits per heavy atom. The number of carbonyl (C=O) groups excluding carboxylic acids is 1. The summed E-state index contributed by atoms with van der Waals surface area (Å²) < 4.78 is 10.7. The number of aromatic nitrogens is 1. The van der Waals surface area contributed by atoms with Gasteiger partial charge in [0.05, 0.1) is 0 Å². The van der Waals surface area contributed by atoms with E-state index in [0.717, 1.165) is 51.3 Å². The highest BCUT2D eigenvalue weighted by Crippen LogP contribution is 2.31. The van der Waals surface area contributed by atoms with Gasteiger partial charge in [-0.3, -0.25) is 4.79 Å². The minimum absolute atomic E-state index is 0.0141. The molecule has 0 aliphatic carbocycles. The lowest BCUT2D eigenvalue weighted by atomic mass is 9.85. The molecule has 116 valence electrons. The van der Waals surface area contributed by atoms with Gasteiger partial charge in [0.1, 0.15) is 5.76 Å². The fourth-order valence-corrected chi connectivity index (χ4v) is 3.37. The summed E-state index contributed by atoms with van der Waals surface area (Å²) in [6.45, 7) is 7.50. The molecule has 5 nitrogen and oxygen atoms in total. The number of hydrogen-bond acceptors (Lipinski definition) is 4. The number of hydrogen-bond donors (Lipinski definition) is 0. The first-order chi connectivity index (χ1) is 10.1. The van der Waals surface area contributed by atoms with Crippen molar-refractivity contribution >= 4 is 5.91 Å². The molecule has 3 rings (SSSR count). The third kappa shape index (κ3) is 3.12. The average molecular weight is 292 g/mol. The van der Waals surface area contributed by atoms with Gasteiger partial charge in [-0.1, -0.05) is 19.0 Å². The Balaban J connectivity index is 1.60. The Morgan fingerprint density at radius 2 is 2.05 bits per heavy atom. The van der Waals surface area contributed by atoms with E-state index in [2.05, 4.69) is 5.16 Å². The molecule has 21 heavy (non-hydrogen) atoms. The zero-order chi connectivity index (χ0) is 14.8. The zero-order valence-electron chi connectivity index (χ0n) is 12.9. The summed E-state index contributed by atoms with van der Waals surface area (Å²) in [7, 11) is 0. The molecular formula is C16H24N2O3. The maximum Gasteiger partial charge on any atom is 0.276 e. The van der Waals surface area contributed by atoms with Crippen molar-refractivity contribution in [2.24, 2.45) is 11.8 Å². The quantitative estimate of drug-likeness (QED) is 0.859. The molecule has 2 aliphatic heterocycles. The van der Waals surface area contributed by atoms with E-state index in [0.29, 0.717) is 17.5 Å². The normalized spacial score (nSPS) is 24.0. The van der Waals surface area contributed by atoms with Gasteiger partial charge in [-0.15, -0.1) is 0 Å². The van der Waals surface area contributed by atoms with E-state index in [9.17, 15) is 4.79 Å². The molecule has 2 aliphatic rings. The molecule has 2 saturated heterocycles. The van der Waals surface area contributed by atoms with Crippen LogP contribution in [0.4, 0.5) is 0 Å². The first-order valence-corrected chi connectivity index (χ1v) is 7.98. The van der Waals surface area contributed by atoms with Gasteiger partial charge >= 0.3 is 0 Å². The van der Waals surface area contributed by atoms with Gasteiger partial charge in [0.15, 0.2) is 5.69 Å². The van der Waals surface area contributed by atoms with E-state index in [4.69, 9.17) is 9.26 Å². The van der Waals surface area contributed by atoms with E-state index in [-0.39, 0.29) is 11.8 Å². The molecule has 1 amide bonds. The Kier molecular flexibility index (Phi) is 4.29.